The van der Waals surface area contributed by atoms with E-state index in [0.717, 1.165) is 16.0 Å². The highest BCUT2D eigenvalue weighted by molar-refractivity contribution is 9.10. The fourth-order valence-corrected chi connectivity index (χ4v) is 4.11. The third-order valence-electron chi connectivity index (χ3n) is 4.12. The van der Waals surface area contributed by atoms with Gasteiger partial charge in [-0.05, 0) is 56.1 Å². The van der Waals surface area contributed by atoms with E-state index >= 15 is 0 Å². The molecule has 12 heteroatoms. The summed E-state index contributed by atoms with van der Waals surface area (Å²) < 4.78 is 45.1. The molecule has 0 aliphatic rings. The molecule has 2 rings (SSSR count). The fourth-order valence-electron chi connectivity index (χ4n) is 2.58. The number of amides is 1. The molecule has 0 bridgehead atoms. The number of aromatic nitrogens is 2. The van der Waals surface area contributed by atoms with Gasteiger partial charge in [0.15, 0.2) is 5.69 Å². The summed E-state index contributed by atoms with van der Waals surface area (Å²) in [7, 11) is 0. The molecule has 1 unspecified atom stereocenters. The minimum Gasteiger partial charge on any atom is -0.459 e. The summed E-state index contributed by atoms with van der Waals surface area (Å²) in [6.45, 7) is 7.68. The molecule has 0 spiro atoms. The smallest absolute Gasteiger partial charge is 0.436 e. The largest absolute Gasteiger partial charge is 0.459 e. The van der Waals surface area contributed by atoms with Crippen LogP contribution in [0.4, 0.5) is 18.2 Å². The Balaban J connectivity index is 2.35. The van der Waals surface area contributed by atoms with E-state index in [1.54, 1.807) is 20.8 Å². The molecule has 0 saturated carbocycles. The van der Waals surface area contributed by atoms with Gasteiger partial charge in [-0.15, -0.1) is 11.3 Å². The first-order valence-electron chi connectivity index (χ1n) is 8.66. The maximum atomic E-state index is 13.1. The predicted octanol–water partition coefficient (Wildman–Crippen LogP) is 4.98. The highest BCUT2D eigenvalue weighted by atomic mass is 79.9. The van der Waals surface area contributed by atoms with E-state index in [0.29, 0.717) is 5.56 Å². The zero-order valence-corrected chi connectivity index (χ0v) is 19.0. The number of alkyl halides is 3. The van der Waals surface area contributed by atoms with Crippen LogP contribution in [0.5, 0.6) is 0 Å². The van der Waals surface area contributed by atoms with Crippen LogP contribution in [0.25, 0.3) is 0 Å². The van der Waals surface area contributed by atoms with Crippen molar-refractivity contribution in [3.8, 4) is 6.07 Å². The van der Waals surface area contributed by atoms with Crippen LogP contribution in [-0.4, -0.2) is 27.8 Å². The topological polar surface area (TPSA) is 97.0 Å². The van der Waals surface area contributed by atoms with Crippen LogP contribution in [0, 0.1) is 25.2 Å². The summed E-state index contributed by atoms with van der Waals surface area (Å²) in [5, 5.41) is 15.6. The summed E-state index contributed by atoms with van der Waals surface area (Å²) in [6, 6.07) is 0.817. The minimum absolute atomic E-state index is 0.0885. The molecule has 162 valence electrons. The SMILES string of the molecule is Cc1c(C(=O)OC(C)C)sc(NC(=O)C(C)n2nc(C(F)(F)F)c(Br)c2C)c1C#N. The van der Waals surface area contributed by atoms with Gasteiger partial charge in [-0.2, -0.15) is 23.5 Å². The van der Waals surface area contributed by atoms with Crippen molar-refractivity contribution in [2.75, 3.05) is 5.32 Å². The summed E-state index contributed by atoms with van der Waals surface area (Å²) in [4.78, 5) is 25.1. The van der Waals surface area contributed by atoms with Gasteiger partial charge in [0, 0.05) is 0 Å². The Bertz CT molecular complexity index is 1040. The average molecular weight is 507 g/mol. The zero-order chi connectivity index (χ0) is 23.0. The molecular weight excluding hydrogens is 489 g/mol. The quantitative estimate of drug-likeness (QED) is 0.576. The van der Waals surface area contributed by atoms with Crippen molar-refractivity contribution in [1.82, 2.24) is 9.78 Å². The van der Waals surface area contributed by atoms with Crippen molar-refractivity contribution < 1.29 is 27.5 Å². The molecule has 0 aromatic carbocycles. The number of nitrogens with one attached hydrogen (secondary N) is 1. The Morgan fingerprint density at radius 1 is 1.30 bits per heavy atom. The molecule has 1 atom stereocenters. The molecule has 7 nitrogen and oxygen atoms in total. The van der Waals surface area contributed by atoms with Crippen molar-refractivity contribution in [2.45, 2.75) is 52.9 Å². The minimum atomic E-state index is -4.68. The van der Waals surface area contributed by atoms with Crippen LogP contribution < -0.4 is 5.32 Å². The molecule has 0 aliphatic heterocycles. The standard InChI is InChI=1S/C18H18BrF3N4O3S/c1-7(2)29-17(28)13-8(3)11(6-23)16(30-13)24-15(27)10(5)26-9(4)12(19)14(25-26)18(20,21)22/h7,10H,1-5H3,(H,24,27). The van der Waals surface area contributed by atoms with Gasteiger partial charge in [-0.3, -0.25) is 9.48 Å². The number of rotatable bonds is 5. The van der Waals surface area contributed by atoms with Crippen molar-refractivity contribution in [3.05, 3.63) is 31.9 Å². The Hall–Kier alpha value is -2.39. The van der Waals surface area contributed by atoms with Crippen molar-refractivity contribution in [1.29, 1.82) is 5.26 Å². The predicted molar refractivity (Wildman–Crippen MR) is 107 cm³/mol. The Kier molecular flexibility index (Phi) is 6.98. The first-order valence-corrected chi connectivity index (χ1v) is 10.3. The molecule has 1 amide bonds. The van der Waals surface area contributed by atoms with E-state index in [-0.39, 0.29) is 31.7 Å². The lowest BCUT2D eigenvalue weighted by Crippen LogP contribution is -2.25. The number of hydrogen-bond acceptors (Lipinski definition) is 6. The third kappa shape index (κ3) is 4.67. The van der Waals surface area contributed by atoms with E-state index in [4.69, 9.17) is 4.74 Å². The van der Waals surface area contributed by atoms with Crippen LogP contribution in [-0.2, 0) is 15.7 Å². The Labute approximate surface area is 182 Å². The molecule has 0 fully saturated rings. The first-order chi connectivity index (χ1) is 13.8. The number of anilines is 1. The lowest BCUT2D eigenvalue weighted by atomic mass is 10.1. The number of carbonyl (C=O) groups excluding carboxylic acids is 2. The monoisotopic (exact) mass is 506 g/mol. The van der Waals surface area contributed by atoms with Crippen molar-refractivity contribution in [3.63, 3.8) is 0 Å². The Morgan fingerprint density at radius 3 is 2.37 bits per heavy atom. The maximum Gasteiger partial charge on any atom is 0.436 e. The van der Waals surface area contributed by atoms with Crippen LogP contribution in [0.3, 0.4) is 0 Å². The number of halogens is 4. The van der Waals surface area contributed by atoms with E-state index < -0.39 is 29.8 Å². The van der Waals surface area contributed by atoms with Crippen molar-refractivity contribution in [2.24, 2.45) is 0 Å². The van der Waals surface area contributed by atoms with Gasteiger partial charge in [-0.25, -0.2) is 4.79 Å². The molecular formula is C18H18BrF3N4O3S. The van der Waals surface area contributed by atoms with Crippen LogP contribution in [0.2, 0.25) is 0 Å². The fraction of sp³-hybridized carbons (Fsp3) is 0.444. The van der Waals surface area contributed by atoms with Gasteiger partial charge in [0.05, 0.1) is 21.8 Å². The number of nitrogens with zero attached hydrogens (tertiary/aromatic N) is 3. The molecule has 30 heavy (non-hydrogen) atoms. The number of ether oxygens (including phenoxy) is 1. The second-order valence-electron chi connectivity index (χ2n) is 6.68. The molecule has 2 aromatic heterocycles. The van der Waals surface area contributed by atoms with Gasteiger partial charge in [0.25, 0.3) is 0 Å². The molecule has 2 aromatic rings. The molecule has 0 radical (unpaired) electrons. The molecule has 1 N–H and O–H groups in total. The second-order valence-corrected chi connectivity index (χ2v) is 8.50. The van der Waals surface area contributed by atoms with E-state index in [1.165, 1.54) is 13.8 Å². The highest BCUT2D eigenvalue weighted by Crippen LogP contribution is 2.37. The third-order valence-corrected chi connectivity index (χ3v) is 6.25. The number of hydrogen-bond donors (Lipinski definition) is 1. The van der Waals surface area contributed by atoms with E-state index in [1.807, 2.05) is 6.07 Å². The first kappa shape index (κ1) is 23.9. The number of thiophene rings is 1. The van der Waals surface area contributed by atoms with Gasteiger partial charge in [-0.1, -0.05) is 0 Å². The normalized spacial score (nSPS) is 12.6. The average Bonchev–Trinajstić information content (AvgIpc) is 3.10. The lowest BCUT2D eigenvalue weighted by Gasteiger charge is -2.14. The number of nitriles is 1. The van der Waals surface area contributed by atoms with E-state index in [2.05, 4.69) is 26.3 Å². The molecule has 0 aliphatic carbocycles. The molecule has 2 heterocycles. The summed E-state index contributed by atoms with van der Waals surface area (Å²) >= 11 is 3.74. The van der Waals surface area contributed by atoms with Gasteiger partial charge < -0.3 is 10.1 Å². The summed E-state index contributed by atoms with van der Waals surface area (Å²) in [5.74, 6) is -1.32. The lowest BCUT2D eigenvalue weighted by molar-refractivity contribution is -0.142. The Morgan fingerprint density at radius 2 is 1.90 bits per heavy atom. The summed E-state index contributed by atoms with van der Waals surface area (Å²) in [5.41, 5.74) is -0.573. The van der Waals surface area contributed by atoms with Crippen molar-refractivity contribution >= 4 is 44.1 Å². The molecule has 0 saturated heterocycles. The van der Waals surface area contributed by atoms with E-state index in [9.17, 15) is 28.0 Å². The van der Waals surface area contributed by atoms with Gasteiger partial charge in [0.1, 0.15) is 22.0 Å². The summed E-state index contributed by atoms with van der Waals surface area (Å²) in [6.07, 6.45) is -5.05. The van der Waals surface area contributed by atoms with Gasteiger partial charge >= 0.3 is 12.1 Å². The van der Waals surface area contributed by atoms with Crippen LogP contribution in [0.1, 0.15) is 59.0 Å². The van der Waals surface area contributed by atoms with Crippen LogP contribution >= 0.6 is 27.3 Å². The second kappa shape index (κ2) is 8.77. The van der Waals surface area contributed by atoms with Gasteiger partial charge in [0.2, 0.25) is 5.91 Å². The van der Waals surface area contributed by atoms with Crippen LogP contribution in [0.15, 0.2) is 4.47 Å². The highest BCUT2D eigenvalue weighted by Gasteiger charge is 2.39. The zero-order valence-electron chi connectivity index (χ0n) is 16.6. The maximum absolute atomic E-state index is 13.1. The number of carbonyl (C=O) groups is 2. The number of esters is 1.